The van der Waals surface area contributed by atoms with E-state index in [2.05, 4.69) is 175 Å². The lowest BCUT2D eigenvalue weighted by molar-refractivity contribution is 0.660. The molecule has 0 aliphatic heterocycles. The molecule has 206 valence electrons. The molecule has 0 saturated heterocycles. The normalized spacial score (nSPS) is 13.6. The Kier molecular flexibility index (Phi) is 7.55. The predicted molar refractivity (Wildman–Crippen MR) is 186 cm³/mol. The molecule has 5 aromatic rings. The van der Waals surface area contributed by atoms with Gasteiger partial charge in [-0.3, -0.25) is 0 Å². The molecule has 0 fully saturated rings. The molecule has 1 aliphatic carbocycles. The second-order valence-electron chi connectivity index (χ2n) is 11.4. The van der Waals surface area contributed by atoms with Gasteiger partial charge in [-0.15, -0.1) is 9.24 Å². The molecular weight excluding hydrogens is 525 g/mol. The van der Waals surface area contributed by atoms with Crippen molar-refractivity contribution in [1.29, 1.82) is 0 Å². The van der Waals surface area contributed by atoms with E-state index in [1.807, 2.05) is 6.08 Å². The number of rotatable bonds is 7. The van der Waals surface area contributed by atoms with E-state index in [4.69, 9.17) is 0 Å². The van der Waals surface area contributed by atoms with Gasteiger partial charge in [-0.1, -0.05) is 123 Å². The molecule has 6 rings (SSSR count). The van der Waals surface area contributed by atoms with Gasteiger partial charge in [-0.25, -0.2) is 0 Å². The number of aryl methyl sites for hydroxylation is 1. The summed E-state index contributed by atoms with van der Waals surface area (Å²) < 4.78 is 0. The van der Waals surface area contributed by atoms with E-state index < -0.39 is 0 Å². The van der Waals surface area contributed by atoms with E-state index in [0.717, 1.165) is 22.5 Å². The summed E-state index contributed by atoms with van der Waals surface area (Å²) >= 11 is 0. The van der Waals surface area contributed by atoms with Gasteiger partial charge in [0.05, 0.1) is 0 Å². The van der Waals surface area contributed by atoms with Crippen molar-refractivity contribution in [3.05, 3.63) is 169 Å². The topological polar surface area (TPSA) is 3.24 Å². The summed E-state index contributed by atoms with van der Waals surface area (Å²) in [5.74, 6) is 0. The number of benzene rings is 5. The van der Waals surface area contributed by atoms with Gasteiger partial charge in [-0.05, 0) is 93.2 Å². The molecule has 0 N–H and O–H groups in total. The Morgan fingerprint density at radius 1 is 0.714 bits per heavy atom. The largest absolute Gasteiger partial charge is 0.317 e. The second kappa shape index (κ2) is 11.4. The molecule has 2 heteroatoms. The Morgan fingerprint density at radius 3 is 2.17 bits per heavy atom. The first kappa shape index (κ1) is 27.7. The Bertz CT molecular complexity index is 1820. The van der Waals surface area contributed by atoms with Crippen LogP contribution in [-0.2, 0) is 5.41 Å². The standard InChI is InChI=1S/C40H36NP/c1-5-11-29(31-18-23-39(42)36(26-31)30-12-7-6-8-13-30)24-25-41(32-19-16-28(2)17-20-32)33-21-22-35-34-14-9-10-15-37(34)40(3,4)38(35)27-33/h5-27H,1,42H2,2-4H3/b25-24-,29-11+. The van der Waals surface area contributed by atoms with Gasteiger partial charge in [0, 0.05) is 23.0 Å². The number of nitrogens with zero attached hydrogens (tertiary/aromatic N) is 1. The third-order valence-corrected chi connectivity index (χ3v) is 8.83. The highest BCUT2D eigenvalue weighted by atomic mass is 31.0. The molecule has 1 nitrogen and oxygen atoms in total. The zero-order valence-electron chi connectivity index (χ0n) is 24.5. The maximum absolute atomic E-state index is 4.02. The Hall–Kier alpha value is -4.45. The lowest BCUT2D eigenvalue weighted by atomic mass is 9.82. The molecule has 0 amide bonds. The van der Waals surface area contributed by atoms with Crippen LogP contribution in [0.5, 0.6) is 0 Å². The van der Waals surface area contributed by atoms with Gasteiger partial charge in [0.1, 0.15) is 0 Å². The van der Waals surface area contributed by atoms with Crippen molar-refractivity contribution < 1.29 is 0 Å². The smallest absolute Gasteiger partial charge is 0.0458 e. The number of allylic oxidation sites excluding steroid dienone is 4. The van der Waals surface area contributed by atoms with Gasteiger partial charge < -0.3 is 4.90 Å². The monoisotopic (exact) mass is 561 g/mol. The zero-order chi connectivity index (χ0) is 29.3. The molecule has 0 aromatic heterocycles. The quantitative estimate of drug-likeness (QED) is 0.141. The first-order valence-corrected chi connectivity index (χ1v) is 15.0. The fraction of sp³-hybridized carbons (Fsp3) is 0.100. The molecule has 5 aromatic carbocycles. The molecule has 0 heterocycles. The maximum atomic E-state index is 4.02. The van der Waals surface area contributed by atoms with Crippen LogP contribution >= 0.6 is 9.24 Å². The number of anilines is 2. The SMILES string of the molecule is C=C/C=C(\C=C/N(c1ccc(C)cc1)c1ccc2c(c1)C(C)(C)c1ccccc1-2)c1ccc(P)c(-c2ccccc2)c1. The molecule has 0 saturated carbocycles. The molecule has 0 radical (unpaired) electrons. The van der Waals surface area contributed by atoms with Crippen LogP contribution in [0.2, 0.25) is 0 Å². The van der Waals surface area contributed by atoms with Crippen LogP contribution in [0, 0.1) is 6.92 Å². The van der Waals surface area contributed by atoms with Crippen LogP contribution in [0.4, 0.5) is 11.4 Å². The van der Waals surface area contributed by atoms with Crippen molar-refractivity contribution in [2.24, 2.45) is 0 Å². The Labute approximate surface area is 252 Å². The molecule has 42 heavy (non-hydrogen) atoms. The first-order chi connectivity index (χ1) is 20.4. The molecule has 0 spiro atoms. The van der Waals surface area contributed by atoms with Crippen molar-refractivity contribution in [3.63, 3.8) is 0 Å². The van der Waals surface area contributed by atoms with Gasteiger partial charge in [0.15, 0.2) is 0 Å². The van der Waals surface area contributed by atoms with Crippen molar-refractivity contribution in [3.8, 4) is 22.3 Å². The van der Waals surface area contributed by atoms with E-state index in [-0.39, 0.29) is 5.41 Å². The van der Waals surface area contributed by atoms with Gasteiger partial charge in [0.25, 0.3) is 0 Å². The van der Waals surface area contributed by atoms with E-state index >= 15 is 0 Å². The van der Waals surface area contributed by atoms with E-state index in [0.29, 0.717) is 0 Å². The number of hydrogen-bond donors (Lipinski definition) is 0. The van der Waals surface area contributed by atoms with Crippen molar-refractivity contribution >= 4 is 31.5 Å². The van der Waals surface area contributed by atoms with Crippen LogP contribution in [0.25, 0.3) is 27.8 Å². The van der Waals surface area contributed by atoms with Crippen LogP contribution in [-0.4, -0.2) is 0 Å². The summed E-state index contributed by atoms with van der Waals surface area (Å²) in [6.45, 7) is 10.8. The van der Waals surface area contributed by atoms with Crippen molar-refractivity contribution in [1.82, 2.24) is 0 Å². The Balaban J connectivity index is 1.43. The van der Waals surface area contributed by atoms with Crippen molar-refractivity contribution in [2.45, 2.75) is 26.2 Å². The van der Waals surface area contributed by atoms with Crippen LogP contribution in [0.15, 0.2) is 146 Å². The number of fused-ring (bicyclic) bond motifs is 3. The highest BCUT2D eigenvalue weighted by Crippen LogP contribution is 2.49. The third kappa shape index (κ3) is 5.18. The molecular formula is C40H36NP. The minimum absolute atomic E-state index is 0.0632. The lowest BCUT2D eigenvalue weighted by Crippen LogP contribution is -2.16. The first-order valence-electron chi connectivity index (χ1n) is 14.4. The molecule has 1 unspecified atom stereocenters. The van der Waals surface area contributed by atoms with Crippen LogP contribution < -0.4 is 10.2 Å². The van der Waals surface area contributed by atoms with Crippen LogP contribution in [0.3, 0.4) is 0 Å². The predicted octanol–water partition coefficient (Wildman–Crippen LogP) is 10.4. The Morgan fingerprint density at radius 2 is 1.40 bits per heavy atom. The zero-order valence-corrected chi connectivity index (χ0v) is 25.7. The second-order valence-corrected chi connectivity index (χ2v) is 12.1. The number of hydrogen-bond acceptors (Lipinski definition) is 1. The van der Waals surface area contributed by atoms with E-state index in [1.165, 1.54) is 44.2 Å². The summed E-state index contributed by atoms with van der Waals surface area (Å²) in [4.78, 5) is 2.29. The minimum atomic E-state index is -0.0632. The fourth-order valence-corrected chi connectivity index (χ4v) is 6.35. The summed E-state index contributed by atoms with van der Waals surface area (Å²) in [5.41, 5.74) is 13.5. The summed E-state index contributed by atoms with van der Waals surface area (Å²) in [7, 11) is 2.88. The highest BCUT2D eigenvalue weighted by molar-refractivity contribution is 7.28. The molecule has 1 atom stereocenters. The van der Waals surface area contributed by atoms with E-state index in [9.17, 15) is 0 Å². The average Bonchev–Trinajstić information content (AvgIpc) is 3.24. The van der Waals surface area contributed by atoms with Crippen LogP contribution in [0.1, 0.15) is 36.1 Å². The van der Waals surface area contributed by atoms with Gasteiger partial charge in [0.2, 0.25) is 0 Å². The van der Waals surface area contributed by atoms with Gasteiger partial charge >= 0.3 is 0 Å². The molecule has 1 aliphatic rings. The van der Waals surface area contributed by atoms with E-state index in [1.54, 1.807) is 0 Å². The summed E-state index contributed by atoms with van der Waals surface area (Å²) in [6, 6.07) is 41.6. The molecule has 0 bridgehead atoms. The minimum Gasteiger partial charge on any atom is -0.317 e. The summed E-state index contributed by atoms with van der Waals surface area (Å²) in [5, 5.41) is 1.18. The third-order valence-electron chi connectivity index (χ3n) is 8.33. The van der Waals surface area contributed by atoms with Crippen molar-refractivity contribution in [2.75, 3.05) is 4.90 Å². The lowest BCUT2D eigenvalue weighted by Gasteiger charge is -2.26. The maximum Gasteiger partial charge on any atom is 0.0458 e. The fourth-order valence-electron chi connectivity index (χ4n) is 6.00. The summed E-state index contributed by atoms with van der Waals surface area (Å²) in [6.07, 6.45) is 8.33. The van der Waals surface area contributed by atoms with Gasteiger partial charge in [-0.2, -0.15) is 0 Å². The average molecular weight is 562 g/mol. The highest BCUT2D eigenvalue weighted by Gasteiger charge is 2.35.